The van der Waals surface area contributed by atoms with Crippen molar-refractivity contribution in [3.8, 4) is 17.3 Å². The van der Waals surface area contributed by atoms with Gasteiger partial charge >= 0.3 is 0 Å². The lowest BCUT2D eigenvalue weighted by atomic mass is 10.2. The molecule has 1 aliphatic rings. The second kappa shape index (κ2) is 11.5. The van der Waals surface area contributed by atoms with Crippen molar-refractivity contribution >= 4 is 0 Å². The third-order valence-electron chi connectivity index (χ3n) is 5.95. The van der Waals surface area contributed by atoms with Gasteiger partial charge < -0.3 is 14.6 Å². The lowest BCUT2D eigenvalue weighted by Gasteiger charge is -2.25. The van der Waals surface area contributed by atoms with E-state index >= 15 is 0 Å². The average Bonchev–Trinajstić information content (AvgIpc) is 3.59. The smallest absolute Gasteiger partial charge is 0.227 e. The van der Waals surface area contributed by atoms with Gasteiger partial charge in [-0.2, -0.15) is 5.10 Å². The Morgan fingerprint density at radius 3 is 2.68 bits per heavy atom. The monoisotopic (exact) mass is 461 g/mol. The van der Waals surface area contributed by atoms with Crippen LogP contribution in [-0.4, -0.2) is 52.2 Å². The molecule has 0 aliphatic heterocycles. The van der Waals surface area contributed by atoms with E-state index in [9.17, 15) is 5.11 Å². The number of ether oxygens (including phenoxy) is 2. The summed E-state index contributed by atoms with van der Waals surface area (Å²) in [6.45, 7) is 10.6. The Morgan fingerprint density at radius 1 is 1.18 bits per heavy atom. The van der Waals surface area contributed by atoms with Crippen LogP contribution in [0.5, 0.6) is 11.6 Å². The Labute approximate surface area is 202 Å². The summed E-state index contributed by atoms with van der Waals surface area (Å²) in [5, 5.41) is 15.4. The summed E-state index contributed by atoms with van der Waals surface area (Å²) in [6, 6.07) is 18.1. The number of rotatable bonds is 13. The number of aryl methyl sites for hydroxylation is 2. The molecule has 3 aromatic rings. The van der Waals surface area contributed by atoms with Crippen LogP contribution in [-0.2, 0) is 11.3 Å². The predicted octanol–water partition coefficient (Wildman–Crippen LogP) is 5.06. The van der Waals surface area contributed by atoms with Crippen molar-refractivity contribution in [3.63, 3.8) is 0 Å². The Hall–Kier alpha value is -2.93. The molecule has 0 bridgehead atoms. The summed E-state index contributed by atoms with van der Waals surface area (Å²) in [5.41, 5.74) is 4.04. The van der Waals surface area contributed by atoms with Crippen LogP contribution in [0, 0.1) is 19.8 Å². The van der Waals surface area contributed by atoms with Gasteiger partial charge in [-0.25, -0.2) is 4.68 Å². The first-order valence-corrected chi connectivity index (χ1v) is 12.0. The van der Waals surface area contributed by atoms with Gasteiger partial charge in [0.25, 0.3) is 0 Å². The zero-order valence-electron chi connectivity index (χ0n) is 20.2. The first kappa shape index (κ1) is 24.2. The first-order chi connectivity index (χ1) is 16.5. The Kier molecular flexibility index (Phi) is 8.16. The fraction of sp³-hybridized carbons (Fsp3) is 0.393. The van der Waals surface area contributed by atoms with Crippen LogP contribution in [0.4, 0.5) is 0 Å². The number of aliphatic hydroxyl groups is 1. The number of hydrogen-bond acceptors (Lipinski definition) is 5. The maximum Gasteiger partial charge on any atom is 0.227 e. The molecule has 0 spiro atoms. The maximum atomic E-state index is 10.6. The molecular formula is C28H35N3O3. The second-order valence-electron chi connectivity index (χ2n) is 9.15. The number of nitrogens with zero attached hydrogens (tertiary/aromatic N) is 3. The Balaban J connectivity index is 1.63. The SMILES string of the molecule is C=CCOCC(O)CN(Cc1c(C)nn(-c2ccccc2)c1Oc1cccc(C)c1)CC1CC1. The van der Waals surface area contributed by atoms with Crippen molar-refractivity contribution in [2.75, 3.05) is 26.3 Å². The van der Waals surface area contributed by atoms with E-state index in [0.717, 1.165) is 34.8 Å². The highest BCUT2D eigenvalue weighted by Crippen LogP contribution is 2.34. The van der Waals surface area contributed by atoms with Crippen LogP contribution in [0.25, 0.3) is 5.69 Å². The Morgan fingerprint density at radius 2 is 1.97 bits per heavy atom. The van der Waals surface area contributed by atoms with Gasteiger partial charge in [-0.1, -0.05) is 36.4 Å². The van der Waals surface area contributed by atoms with Crippen LogP contribution < -0.4 is 4.74 Å². The lowest BCUT2D eigenvalue weighted by molar-refractivity contribution is 0.0235. The van der Waals surface area contributed by atoms with Crippen molar-refractivity contribution in [3.05, 3.63) is 84.1 Å². The Bertz CT molecular complexity index is 1080. The van der Waals surface area contributed by atoms with E-state index in [1.54, 1.807) is 6.08 Å². The van der Waals surface area contributed by atoms with Gasteiger partial charge in [0, 0.05) is 19.6 Å². The summed E-state index contributed by atoms with van der Waals surface area (Å²) < 4.78 is 13.8. The first-order valence-electron chi connectivity index (χ1n) is 12.0. The van der Waals surface area contributed by atoms with Gasteiger partial charge in [0.2, 0.25) is 5.88 Å². The molecule has 6 heteroatoms. The van der Waals surface area contributed by atoms with Gasteiger partial charge in [0.15, 0.2) is 0 Å². The molecular weight excluding hydrogens is 426 g/mol. The molecule has 1 fully saturated rings. The van der Waals surface area contributed by atoms with Gasteiger partial charge in [-0.05, 0) is 62.4 Å². The molecule has 1 unspecified atom stereocenters. The fourth-order valence-corrected chi connectivity index (χ4v) is 4.09. The zero-order valence-corrected chi connectivity index (χ0v) is 20.2. The molecule has 0 radical (unpaired) electrons. The van der Waals surface area contributed by atoms with E-state index in [0.29, 0.717) is 38.1 Å². The fourth-order valence-electron chi connectivity index (χ4n) is 4.09. The van der Waals surface area contributed by atoms with Crippen molar-refractivity contribution in [2.24, 2.45) is 5.92 Å². The number of para-hydroxylation sites is 1. The molecule has 1 aliphatic carbocycles. The normalized spacial score (nSPS) is 14.4. The number of aromatic nitrogens is 2. The van der Waals surface area contributed by atoms with E-state index in [4.69, 9.17) is 14.6 Å². The third kappa shape index (κ3) is 6.56. The minimum Gasteiger partial charge on any atom is -0.439 e. The van der Waals surface area contributed by atoms with Crippen LogP contribution in [0.3, 0.4) is 0 Å². The van der Waals surface area contributed by atoms with Crippen molar-refractivity contribution < 1.29 is 14.6 Å². The van der Waals surface area contributed by atoms with E-state index in [-0.39, 0.29) is 0 Å². The molecule has 0 amide bonds. The molecule has 4 rings (SSSR count). The molecule has 1 atom stereocenters. The summed E-state index contributed by atoms with van der Waals surface area (Å²) in [4.78, 5) is 2.31. The van der Waals surface area contributed by atoms with Crippen LogP contribution >= 0.6 is 0 Å². The van der Waals surface area contributed by atoms with Crippen molar-refractivity contribution in [1.29, 1.82) is 0 Å². The molecule has 180 valence electrons. The molecule has 1 N–H and O–H groups in total. The maximum absolute atomic E-state index is 10.6. The molecule has 34 heavy (non-hydrogen) atoms. The molecule has 1 heterocycles. The molecule has 2 aromatic carbocycles. The van der Waals surface area contributed by atoms with E-state index < -0.39 is 6.10 Å². The minimum atomic E-state index is -0.565. The number of benzene rings is 2. The average molecular weight is 462 g/mol. The summed E-state index contributed by atoms with van der Waals surface area (Å²) in [7, 11) is 0. The minimum absolute atomic E-state index is 0.294. The second-order valence-corrected chi connectivity index (χ2v) is 9.15. The highest BCUT2D eigenvalue weighted by atomic mass is 16.5. The summed E-state index contributed by atoms with van der Waals surface area (Å²) >= 11 is 0. The third-order valence-corrected chi connectivity index (χ3v) is 5.95. The zero-order chi connectivity index (χ0) is 23.9. The molecule has 0 saturated heterocycles. The number of aliphatic hydroxyl groups excluding tert-OH is 1. The van der Waals surface area contributed by atoms with Crippen LogP contribution in [0.1, 0.15) is 29.7 Å². The molecule has 1 aromatic heterocycles. The largest absolute Gasteiger partial charge is 0.439 e. The molecule has 1 saturated carbocycles. The summed E-state index contributed by atoms with van der Waals surface area (Å²) in [6.07, 6.45) is 3.62. The number of hydrogen-bond donors (Lipinski definition) is 1. The standard InChI is InChI=1S/C28H35N3O3/c1-4-15-33-20-25(32)18-30(17-23-13-14-23)19-27-22(3)29-31(24-10-6-5-7-11-24)28(27)34-26-12-8-9-21(2)16-26/h4-12,16,23,25,32H,1,13-15,17-20H2,2-3H3. The van der Waals surface area contributed by atoms with Crippen molar-refractivity contribution in [2.45, 2.75) is 39.3 Å². The van der Waals surface area contributed by atoms with Gasteiger partial charge in [0.05, 0.1) is 36.3 Å². The van der Waals surface area contributed by atoms with Gasteiger partial charge in [0.1, 0.15) is 5.75 Å². The predicted molar refractivity (Wildman–Crippen MR) is 135 cm³/mol. The van der Waals surface area contributed by atoms with Crippen LogP contribution in [0.2, 0.25) is 0 Å². The summed E-state index contributed by atoms with van der Waals surface area (Å²) in [5.74, 6) is 2.18. The highest BCUT2D eigenvalue weighted by Gasteiger charge is 2.28. The highest BCUT2D eigenvalue weighted by molar-refractivity contribution is 5.43. The topological polar surface area (TPSA) is 59.8 Å². The molecule has 6 nitrogen and oxygen atoms in total. The van der Waals surface area contributed by atoms with Gasteiger partial charge in [-0.15, -0.1) is 6.58 Å². The van der Waals surface area contributed by atoms with Crippen molar-refractivity contribution in [1.82, 2.24) is 14.7 Å². The van der Waals surface area contributed by atoms with E-state index in [2.05, 4.69) is 24.5 Å². The van der Waals surface area contributed by atoms with E-state index in [1.807, 2.05) is 60.1 Å². The lowest BCUT2D eigenvalue weighted by Crippen LogP contribution is -2.36. The van der Waals surface area contributed by atoms with Crippen LogP contribution in [0.15, 0.2) is 67.3 Å². The quantitative estimate of drug-likeness (QED) is 0.285. The van der Waals surface area contributed by atoms with Gasteiger partial charge in [-0.3, -0.25) is 4.90 Å². The van der Waals surface area contributed by atoms with E-state index in [1.165, 1.54) is 12.8 Å².